The van der Waals surface area contributed by atoms with Crippen molar-refractivity contribution >= 4 is 0 Å². The molecule has 0 amide bonds. The predicted octanol–water partition coefficient (Wildman–Crippen LogP) is 13.1. The van der Waals surface area contributed by atoms with Gasteiger partial charge in [0.1, 0.15) is 12.7 Å². The summed E-state index contributed by atoms with van der Waals surface area (Å²) in [6.45, 7) is 0. The van der Waals surface area contributed by atoms with E-state index in [1.54, 1.807) is 12.7 Å². The molecule has 6 heteroatoms. The van der Waals surface area contributed by atoms with Crippen LogP contribution in [0.1, 0.15) is 0 Å². The van der Waals surface area contributed by atoms with Crippen LogP contribution in [-0.4, -0.2) is 29.9 Å². The van der Waals surface area contributed by atoms with Crippen LogP contribution in [-0.2, 0) is 0 Å². The Balaban J connectivity index is 0.997. The van der Waals surface area contributed by atoms with Crippen molar-refractivity contribution in [3.8, 4) is 100 Å². The highest BCUT2D eigenvalue weighted by atomic mass is 14.8. The number of pyridine rings is 2. The van der Waals surface area contributed by atoms with E-state index in [9.17, 15) is 0 Å². The number of benzene rings is 6. The Morgan fingerprint density at radius 3 is 0.767 bits per heavy atom. The van der Waals surface area contributed by atoms with Crippen LogP contribution < -0.4 is 0 Å². The molecule has 0 saturated heterocycles. The van der Waals surface area contributed by atoms with Crippen molar-refractivity contribution in [1.82, 2.24) is 29.9 Å². The molecule has 0 aliphatic rings. The van der Waals surface area contributed by atoms with E-state index in [0.29, 0.717) is 0 Å². The molecule has 0 fully saturated rings. The predicted molar refractivity (Wildman–Crippen MR) is 242 cm³/mol. The Morgan fingerprint density at radius 1 is 0.167 bits per heavy atom. The van der Waals surface area contributed by atoms with Gasteiger partial charge in [0, 0.05) is 83.0 Å². The van der Waals surface area contributed by atoms with Gasteiger partial charge in [0.25, 0.3) is 0 Å². The number of rotatable bonds is 9. The van der Waals surface area contributed by atoms with Gasteiger partial charge in [-0.1, -0.05) is 103 Å². The maximum absolute atomic E-state index is 4.55. The first-order valence-electron chi connectivity index (χ1n) is 19.7. The van der Waals surface area contributed by atoms with Crippen LogP contribution in [0, 0.1) is 0 Å². The zero-order chi connectivity index (χ0) is 40.1. The molecular formula is C54H36N6. The summed E-state index contributed by atoms with van der Waals surface area (Å²) in [7, 11) is 0. The molecule has 60 heavy (non-hydrogen) atoms. The Hall–Kier alpha value is -8.22. The van der Waals surface area contributed by atoms with Crippen LogP contribution in [0.5, 0.6) is 0 Å². The topological polar surface area (TPSA) is 77.3 Å². The van der Waals surface area contributed by atoms with E-state index in [0.717, 1.165) is 94.6 Å². The third-order valence-electron chi connectivity index (χ3n) is 10.8. The molecule has 10 aromatic rings. The van der Waals surface area contributed by atoms with Crippen LogP contribution in [0.15, 0.2) is 220 Å². The number of nitrogens with zero attached hydrogens (tertiary/aromatic N) is 6. The Kier molecular flexibility index (Phi) is 9.84. The van der Waals surface area contributed by atoms with E-state index in [1.165, 1.54) is 5.56 Å². The lowest BCUT2D eigenvalue weighted by Crippen LogP contribution is -1.89. The summed E-state index contributed by atoms with van der Waals surface area (Å²) >= 11 is 0. The van der Waals surface area contributed by atoms with Gasteiger partial charge >= 0.3 is 0 Å². The van der Waals surface area contributed by atoms with Gasteiger partial charge in [0.2, 0.25) is 0 Å². The lowest BCUT2D eigenvalue weighted by atomic mass is 9.90. The van der Waals surface area contributed by atoms with Gasteiger partial charge in [-0.05, 0) is 121 Å². The van der Waals surface area contributed by atoms with Crippen molar-refractivity contribution in [2.45, 2.75) is 0 Å². The third-order valence-corrected chi connectivity index (χ3v) is 10.8. The fourth-order valence-corrected chi connectivity index (χ4v) is 7.68. The number of aromatic nitrogens is 6. The van der Waals surface area contributed by atoms with Gasteiger partial charge < -0.3 is 0 Å². The molecular weight excluding hydrogens is 733 g/mol. The molecule has 0 N–H and O–H groups in total. The Morgan fingerprint density at radius 2 is 0.400 bits per heavy atom. The van der Waals surface area contributed by atoms with Crippen LogP contribution in [0.25, 0.3) is 100 Å². The lowest BCUT2D eigenvalue weighted by Gasteiger charge is -2.14. The van der Waals surface area contributed by atoms with Gasteiger partial charge in [-0.25, -0.2) is 19.9 Å². The molecule has 0 atom stereocenters. The summed E-state index contributed by atoms with van der Waals surface area (Å²) in [6, 6.07) is 56.8. The number of hydrogen-bond donors (Lipinski definition) is 0. The molecule has 0 aliphatic heterocycles. The summed E-state index contributed by atoms with van der Waals surface area (Å²) in [5.74, 6) is 0. The molecule has 4 heterocycles. The second-order valence-electron chi connectivity index (χ2n) is 14.7. The molecule has 0 saturated carbocycles. The van der Waals surface area contributed by atoms with Crippen LogP contribution in [0.4, 0.5) is 0 Å². The van der Waals surface area contributed by atoms with Crippen LogP contribution >= 0.6 is 0 Å². The first-order valence-corrected chi connectivity index (χ1v) is 19.7. The Labute approximate surface area is 348 Å². The van der Waals surface area contributed by atoms with E-state index < -0.39 is 0 Å². The highest BCUT2D eigenvalue weighted by molar-refractivity contribution is 5.85. The monoisotopic (exact) mass is 768 g/mol. The lowest BCUT2D eigenvalue weighted by molar-refractivity contribution is 1.17. The molecule has 0 bridgehead atoms. The molecule has 4 aromatic heterocycles. The molecule has 0 radical (unpaired) electrons. The van der Waals surface area contributed by atoms with E-state index in [1.807, 2.05) is 49.6 Å². The summed E-state index contributed by atoms with van der Waals surface area (Å²) in [5, 5.41) is 0. The smallest absolute Gasteiger partial charge is 0.115 e. The summed E-state index contributed by atoms with van der Waals surface area (Å²) in [5.41, 5.74) is 19.5. The van der Waals surface area contributed by atoms with Crippen molar-refractivity contribution in [3.05, 3.63) is 220 Å². The zero-order valence-corrected chi connectivity index (χ0v) is 32.5. The van der Waals surface area contributed by atoms with Gasteiger partial charge in [-0.2, -0.15) is 0 Å². The molecule has 0 aliphatic carbocycles. The molecule has 282 valence electrons. The second-order valence-corrected chi connectivity index (χ2v) is 14.7. The SMILES string of the molecule is c1ccc(-c2cc(-c3cccc(-c4cccc(-c5cncc(-c6cncnc6)c5)c4)c3)cc(-c3cccc(-c4cccc(-c5cncc(-c6cncnc6)c5)c4)c3)c2)cc1. The fraction of sp³-hybridized carbons (Fsp3) is 0. The molecule has 6 nitrogen and oxygen atoms in total. The first kappa shape index (κ1) is 36.1. The molecule has 0 unspecified atom stereocenters. The fourth-order valence-electron chi connectivity index (χ4n) is 7.68. The van der Waals surface area contributed by atoms with Crippen molar-refractivity contribution in [3.63, 3.8) is 0 Å². The maximum Gasteiger partial charge on any atom is 0.115 e. The van der Waals surface area contributed by atoms with Gasteiger partial charge in [0.05, 0.1) is 0 Å². The van der Waals surface area contributed by atoms with E-state index in [-0.39, 0.29) is 0 Å². The minimum absolute atomic E-state index is 0.934. The minimum atomic E-state index is 0.934. The molecule has 0 spiro atoms. The van der Waals surface area contributed by atoms with Crippen molar-refractivity contribution in [1.29, 1.82) is 0 Å². The van der Waals surface area contributed by atoms with Gasteiger partial charge in [-0.3, -0.25) is 9.97 Å². The second kappa shape index (κ2) is 16.3. The van der Waals surface area contributed by atoms with Crippen molar-refractivity contribution in [2.75, 3.05) is 0 Å². The van der Waals surface area contributed by atoms with Gasteiger partial charge in [0.15, 0.2) is 0 Å². The third kappa shape index (κ3) is 7.73. The largest absolute Gasteiger partial charge is 0.263 e. The molecule has 6 aromatic carbocycles. The summed E-state index contributed by atoms with van der Waals surface area (Å²) in [6.07, 6.45) is 17.8. The minimum Gasteiger partial charge on any atom is -0.263 e. The van der Waals surface area contributed by atoms with E-state index in [4.69, 9.17) is 0 Å². The average molecular weight is 769 g/mol. The standard InChI is InChI=1S/C54H36N6/c1-2-8-37(9-3-1)46-22-47(42-14-4-10-38(18-42)40-12-6-16-44(20-40)49-25-51(29-55-27-49)53-31-57-35-58-32-53)24-48(23-46)43-15-5-11-39(19-43)41-13-7-17-45(21-41)50-26-52(30-56-28-50)54-33-59-36-60-34-54/h1-36H. The maximum atomic E-state index is 4.55. The zero-order valence-electron chi connectivity index (χ0n) is 32.5. The van der Waals surface area contributed by atoms with Crippen molar-refractivity contribution in [2.24, 2.45) is 0 Å². The highest BCUT2D eigenvalue weighted by Crippen LogP contribution is 2.37. The number of hydrogen-bond acceptors (Lipinski definition) is 6. The van der Waals surface area contributed by atoms with Gasteiger partial charge in [-0.15, -0.1) is 0 Å². The quantitative estimate of drug-likeness (QED) is 0.145. The molecule has 10 rings (SSSR count). The normalized spacial score (nSPS) is 11.0. The summed E-state index contributed by atoms with van der Waals surface area (Å²) in [4.78, 5) is 25.9. The van der Waals surface area contributed by atoms with Crippen LogP contribution in [0.2, 0.25) is 0 Å². The first-order chi connectivity index (χ1) is 29.7. The highest BCUT2D eigenvalue weighted by Gasteiger charge is 2.12. The average Bonchev–Trinajstić information content (AvgIpc) is 3.35. The van der Waals surface area contributed by atoms with E-state index >= 15 is 0 Å². The van der Waals surface area contributed by atoms with E-state index in [2.05, 4.69) is 188 Å². The summed E-state index contributed by atoms with van der Waals surface area (Å²) < 4.78 is 0. The van der Waals surface area contributed by atoms with Crippen LogP contribution in [0.3, 0.4) is 0 Å². The Bertz CT molecular complexity index is 2910. The van der Waals surface area contributed by atoms with Crippen molar-refractivity contribution < 1.29 is 0 Å².